The molecule has 2 rings (SSSR count). The summed E-state index contributed by atoms with van der Waals surface area (Å²) in [4.78, 5) is 22.7. The molecule has 1 aliphatic rings. The van der Waals surface area contributed by atoms with E-state index in [0.29, 0.717) is 18.1 Å². The van der Waals surface area contributed by atoms with Gasteiger partial charge in [-0.15, -0.1) is 0 Å². The number of nitrogens with one attached hydrogen (secondary N) is 1. The number of nitrogens with zero attached hydrogens (tertiary/aromatic N) is 3. The molecule has 0 radical (unpaired) electrons. The topological polar surface area (TPSA) is 67.3 Å². The Bertz CT molecular complexity index is 467. The quantitative estimate of drug-likeness (QED) is 0.868. The third-order valence-electron chi connectivity index (χ3n) is 3.43. The average Bonchev–Trinajstić information content (AvgIpc) is 2.53. The number of hydrogen-bond donors (Lipinski definition) is 1. The van der Waals surface area contributed by atoms with Crippen molar-refractivity contribution in [1.29, 1.82) is 0 Å². The van der Waals surface area contributed by atoms with Crippen LogP contribution in [0.2, 0.25) is 0 Å². The van der Waals surface area contributed by atoms with Crippen LogP contribution < -0.4 is 5.32 Å². The third-order valence-corrected chi connectivity index (χ3v) is 3.43. The zero-order valence-electron chi connectivity index (χ0n) is 12.8. The number of anilines is 1. The standard InChI is InChI=1S/C15H24N4O2/c1-3-8-21-12-6-5-7-19(11-12)15(20)13-9-16-10-14(18-13)17-4-2/h9-10,12H,3-8,11H2,1-2H3,(H,17,18). The molecule has 1 N–H and O–H groups in total. The van der Waals surface area contributed by atoms with E-state index in [9.17, 15) is 4.79 Å². The average molecular weight is 292 g/mol. The Morgan fingerprint density at radius 1 is 1.48 bits per heavy atom. The highest BCUT2D eigenvalue weighted by Crippen LogP contribution is 2.16. The summed E-state index contributed by atoms with van der Waals surface area (Å²) in [5.74, 6) is 0.575. The molecule has 0 aliphatic carbocycles. The van der Waals surface area contributed by atoms with Crippen molar-refractivity contribution in [3.63, 3.8) is 0 Å². The van der Waals surface area contributed by atoms with E-state index in [2.05, 4.69) is 22.2 Å². The van der Waals surface area contributed by atoms with Gasteiger partial charge in [-0.2, -0.15) is 0 Å². The van der Waals surface area contributed by atoms with Gasteiger partial charge in [-0.3, -0.25) is 9.78 Å². The maximum absolute atomic E-state index is 12.5. The molecule has 6 heteroatoms. The Hall–Kier alpha value is -1.69. The van der Waals surface area contributed by atoms with Crippen LogP contribution in [-0.2, 0) is 4.74 Å². The lowest BCUT2D eigenvalue weighted by Crippen LogP contribution is -2.43. The van der Waals surface area contributed by atoms with Crippen LogP contribution >= 0.6 is 0 Å². The molecule has 1 aromatic heterocycles. The lowest BCUT2D eigenvalue weighted by Gasteiger charge is -2.32. The first kappa shape index (κ1) is 15.7. The normalized spacial score (nSPS) is 18.6. The van der Waals surface area contributed by atoms with Gasteiger partial charge in [-0.25, -0.2) is 4.98 Å². The molecule has 6 nitrogen and oxygen atoms in total. The van der Waals surface area contributed by atoms with Crippen molar-refractivity contribution in [2.45, 2.75) is 39.2 Å². The minimum atomic E-state index is -0.0629. The lowest BCUT2D eigenvalue weighted by atomic mass is 10.1. The van der Waals surface area contributed by atoms with Gasteiger partial charge in [0.1, 0.15) is 11.5 Å². The van der Waals surface area contributed by atoms with Gasteiger partial charge in [0, 0.05) is 26.2 Å². The van der Waals surface area contributed by atoms with Crippen molar-refractivity contribution < 1.29 is 9.53 Å². The fourth-order valence-electron chi connectivity index (χ4n) is 2.44. The number of likely N-dealkylation sites (tertiary alicyclic amines) is 1. The van der Waals surface area contributed by atoms with Crippen LogP contribution in [0.3, 0.4) is 0 Å². The van der Waals surface area contributed by atoms with Gasteiger partial charge in [0.2, 0.25) is 0 Å². The number of hydrogen-bond acceptors (Lipinski definition) is 5. The molecule has 21 heavy (non-hydrogen) atoms. The van der Waals surface area contributed by atoms with E-state index in [-0.39, 0.29) is 12.0 Å². The molecule has 116 valence electrons. The van der Waals surface area contributed by atoms with Crippen LogP contribution in [-0.4, -0.2) is 53.1 Å². The number of amides is 1. The van der Waals surface area contributed by atoms with E-state index in [4.69, 9.17) is 4.74 Å². The number of aromatic nitrogens is 2. The summed E-state index contributed by atoms with van der Waals surface area (Å²) in [5.41, 5.74) is 0.393. The first-order chi connectivity index (χ1) is 10.2. The van der Waals surface area contributed by atoms with E-state index in [1.807, 2.05) is 11.8 Å². The molecule has 1 fully saturated rings. The van der Waals surface area contributed by atoms with Crippen molar-refractivity contribution >= 4 is 11.7 Å². The summed E-state index contributed by atoms with van der Waals surface area (Å²) in [7, 11) is 0. The molecular formula is C15H24N4O2. The Morgan fingerprint density at radius 3 is 3.10 bits per heavy atom. The summed E-state index contributed by atoms with van der Waals surface area (Å²) >= 11 is 0. The molecule has 2 heterocycles. The van der Waals surface area contributed by atoms with Gasteiger partial charge in [-0.1, -0.05) is 6.92 Å². The summed E-state index contributed by atoms with van der Waals surface area (Å²) < 4.78 is 5.77. The Labute approximate surface area is 125 Å². The smallest absolute Gasteiger partial charge is 0.274 e. The second-order valence-electron chi connectivity index (χ2n) is 5.21. The molecule has 1 aliphatic heterocycles. The number of ether oxygens (including phenoxy) is 1. The van der Waals surface area contributed by atoms with Gasteiger partial charge in [0.05, 0.1) is 18.5 Å². The van der Waals surface area contributed by atoms with Crippen molar-refractivity contribution in [3.05, 3.63) is 18.1 Å². The number of carbonyl (C=O) groups excluding carboxylic acids is 1. The monoisotopic (exact) mass is 292 g/mol. The molecule has 1 amide bonds. The summed E-state index contributed by atoms with van der Waals surface area (Å²) in [6.45, 7) is 6.99. The number of carbonyl (C=O) groups is 1. The molecule has 1 aromatic rings. The zero-order chi connectivity index (χ0) is 15.1. The first-order valence-electron chi connectivity index (χ1n) is 7.71. The lowest BCUT2D eigenvalue weighted by molar-refractivity contribution is 0.00191. The van der Waals surface area contributed by atoms with E-state index in [1.54, 1.807) is 6.20 Å². The van der Waals surface area contributed by atoms with Gasteiger partial charge in [0.15, 0.2) is 0 Å². The van der Waals surface area contributed by atoms with Crippen LogP contribution in [0.25, 0.3) is 0 Å². The van der Waals surface area contributed by atoms with Gasteiger partial charge in [-0.05, 0) is 26.2 Å². The molecule has 1 saturated heterocycles. The van der Waals surface area contributed by atoms with E-state index in [1.165, 1.54) is 6.20 Å². The van der Waals surface area contributed by atoms with E-state index in [0.717, 1.165) is 39.0 Å². The Balaban J connectivity index is 2.00. The molecule has 1 atom stereocenters. The van der Waals surface area contributed by atoms with Crippen molar-refractivity contribution in [1.82, 2.24) is 14.9 Å². The first-order valence-corrected chi connectivity index (χ1v) is 7.71. The summed E-state index contributed by atoms with van der Waals surface area (Å²) in [6, 6.07) is 0. The highest BCUT2D eigenvalue weighted by Gasteiger charge is 2.25. The van der Waals surface area contributed by atoms with Crippen LogP contribution in [0.5, 0.6) is 0 Å². The number of rotatable bonds is 6. The van der Waals surface area contributed by atoms with Crippen molar-refractivity contribution in [2.24, 2.45) is 0 Å². The second-order valence-corrected chi connectivity index (χ2v) is 5.21. The highest BCUT2D eigenvalue weighted by molar-refractivity contribution is 5.92. The Kier molecular flexibility index (Phi) is 5.92. The molecule has 0 saturated carbocycles. The van der Waals surface area contributed by atoms with Crippen molar-refractivity contribution in [3.8, 4) is 0 Å². The minimum absolute atomic E-state index is 0.0629. The molecule has 0 spiro atoms. The SMILES string of the molecule is CCCOC1CCCN(C(=O)c2cncc(NCC)n2)C1. The largest absolute Gasteiger partial charge is 0.376 e. The third kappa shape index (κ3) is 4.39. The fourth-order valence-corrected chi connectivity index (χ4v) is 2.44. The molecular weight excluding hydrogens is 268 g/mol. The van der Waals surface area contributed by atoms with Gasteiger partial charge < -0.3 is 15.0 Å². The van der Waals surface area contributed by atoms with Crippen LogP contribution in [0.4, 0.5) is 5.82 Å². The van der Waals surface area contributed by atoms with Crippen molar-refractivity contribution in [2.75, 3.05) is 31.6 Å². The fraction of sp³-hybridized carbons (Fsp3) is 0.667. The molecule has 1 unspecified atom stereocenters. The zero-order valence-corrected chi connectivity index (χ0v) is 12.8. The Morgan fingerprint density at radius 2 is 2.33 bits per heavy atom. The molecule has 0 aromatic carbocycles. The minimum Gasteiger partial charge on any atom is -0.376 e. The maximum Gasteiger partial charge on any atom is 0.274 e. The second kappa shape index (κ2) is 7.93. The van der Waals surface area contributed by atoms with Gasteiger partial charge >= 0.3 is 0 Å². The maximum atomic E-state index is 12.5. The predicted octanol–water partition coefficient (Wildman–Crippen LogP) is 1.94. The summed E-state index contributed by atoms with van der Waals surface area (Å²) in [6.07, 6.45) is 6.30. The van der Waals surface area contributed by atoms with E-state index < -0.39 is 0 Å². The number of piperidine rings is 1. The predicted molar refractivity (Wildman–Crippen MR) is 81.4 cm³/mol. The van der Waals surface area contributed by atoms with E-state index >= 15 is 0 Å². The van der Waals surface area contributed by atoms with Crippen LogP contribution in [0, 0.1) is 0 Å². The molecule has 0 bridgehead atoms. The van der Waals surface area contributed by atoms with Crippen LogP contribution in [0.1, 0.15) is 43.6 Å². The van der Waals surface area contributed by atoms with Gasteiger partial charge in [0.25, 0.3) is 5.91 Å². The highest BCUT2D eigenvalue weighted by atomic mass is 16.5. The summed E-state index contributed by atoms with van der Waals surface area (Å²) in [5, 5.41) is 3.07. The van der Waals surface area contributed by atoms with Crippen LogP contribution in [0.15, 0.2) is 12.4 Å².